The van der Waals surface area contributed by atoms with Gasteiger partial charge in [0, 0.05) is 17.2 Å². The zero-order valence-corrected chi connectivity index (χ0v) is 11.4. The number of thioether (sulfide) groups is 1. The number of nitrogens with zero attached hydrogens (tertiary/aromatic N) is 1. The first-order valence-electron chi connectivity index (χ1n) is 5.57. The fourth-order valence-corrected chi connectivity index (χ4v) is 3.26. The molecule has 92 valence electrons. The second-order valence-electron chi connectivity index (χ2n) is 3.94. The van der Waals surface area contributed by atoms with Gasteiger partial charge in [0.15, 0.2) is 10.8 Å². The van der Waals surface area contributed by atoms with Gasteiger partial charge in [-0.3, -0.25) is 0 Å². The molecule has 0 aliphatic heterocycles. The lowest BCUT2D eigenvalue weighted by Crippen LogP contribution is -2.15. The molecular formula is C12H16N2OS2. The van der Waals surface area contributed by atoms with Gasteiger partial charge in [-0.25, -0.2) is 4.98 Å². The fourth-order valence-electron chi connectivity index (χ4n) is 1.33. The number of hydrogen-bond donors (Lipinski definition) is 1. The Morgan fingerprint density at radius 1 is 1.59 bits per heavy atom. The van der Waals surface area contributed by atoms with E-state index >= 15 is 0 Å². The minimum absolute atomic E-state index is 0.289. The molecule has 17 heavy (non-hydrogen) atoms. The maximum absolute atomic E-state index is 5.70. The number of hydrogen-bond acceptors (Lipinski definition) is 5. The average Bonchev–Trinajstić information content (AvgIpc) is 2.94. The number of furan rings is 1. The Balaban J connectivity index is 1.83. The van der Waals surface area contributed by atoms with Crippen molar-refractivity contribution in [2.75, 3.05) is 5.75 Å². The Morgan fingerprint density at radius 3 is 3.18 bits per heavy atom. The molecule has 0 spiro atoms. The minimum atomic E-state index is 0.289. The van der Waals surface area contributed by atoms with Gasteiger partial charge in [-0.1, -0.05) is 0 Å². The fraction of sp³-hybridized carbons (Fsp3) is 0.417. The van der Waals surface area contributed by atoms with E-state index in [2.05, 4.69) is 10.4 Å². The van der Waals surface area contributed by atoms with Crippen LogP contribution in [0, 0.1) is 0 Å². The van der Waals surface area contributed by atoms with Crippen molar-refractivity contribution in [2.24, 2.45) is 5.73 Å². The molecule has 0 radical (unpaired) electrons. The summed E-state index contributed by atoms with van der Waals surface area (Å²) in [4.78, 5) is 4.54. The van der Waals surface area contributed by atoms with Gasteiger partial charge in [-0.05, 0) is 31.2 Å². The Morgan fingerprint density at radius 2 is 2.47 bits per heavy atom. The van der Waals surface area contributed by atoms with Crippen LogP contribution < -0.4 is 5.73 Å². The first kappa shape index (κ1) is 12.7. The Labute approximate surface area is 109 Å². The maximum Gasteiger partial charge on any atom is 0.162 e. The summed E-state index contributed by atoms with van der Waals surface area (Å²) in [6.45, 7) is 2.04. The summed E-state index contributed by atoms with van der Waals surface area (Å²) in [5.41, 5.74) is 6.82. The van der Waals surface area contributed by atoms with Crippen molar-refractivity contribution in [1.29, 1.82) is 0 Å². The second kappa shape index (κ2) is 6.23. The van der Waals surface area contributed by atoms with Crippen LogP contribution in [-0.4, -0.2) is 16.8 Å². The van der Waals surface area contributed by atoms with Gasteiger partial charge in [0.25, 0.3) is 0 Å². The molecule has 2 heterocycles. The van der Waals surface area contributed by atoms with Gasteiger partial charge in [-0.2, -0.15) is 11.8 Å². The minimum Gasteiger partial charge on any atom is -0.462 e. The largest absolute Gasteiger partial charge is 0.462 e. The van der Waals surface area contributed by atoms with Gasteiger partial charge < -0.3 is 10.2 Å². The van der Waals surface area contributed by atoms with Gasteiger partial charge in [0.2, 0.25) is 0 Å². The third-order valence-electron chi connectivity index (χ3n) is 2.25. The molecule has 2 rings (SSSR count). The van der Waals surface area contributed by atoms with Crippen molar-refractivity contribution >= 4 is 23.1 Å². The third-order valence-corrected chi connectivity index (χ3v) is 4.18. The molecule has 0 aromatic carbocycles. The van der Waals surface area contributed by atoms with E-state index < -0.39 is 0 Å². The van der Waals surface area contributed by atoms with Crippen LogP contribution in [0.15, 0.2) is 28.2 Å². The first-order valence-corrected chi connectivity index (χ1v) is 7.61. The molecule has 1 atom stereocenters. The highest BCUT2D eigenvalue weighted by molar-refractivity contribution is 7.98. The monoisotopic (exact) mass is 268 g/mol. The summed E-state index contributed by atoms with van der Waals surface area (Å²) < 4.78 is 5.31. The zero-order chi connectivity index (χ0) is 12.1. The number of thiazole rings is 1. The SMILES string of the molecule is CC(N)CCSCc1csc(-c2ccco2)n1. The summed E-state index contributed by atoms with van der Waals surface area (Å²) in [6, 6.07) is 4.11. The second-order valence-corrected chi connectivity index (χ2v) is 5.90. The summed E-state index contributed by atoms with van der Waals surface area (Å²) in [7, 11) is 0. The highest BCUT2D eigenvalue weighted by Gasteiger charge is 2.06. The van der Waals surface area contributed by atoms with E-state index in [1.54, 1.807) is 17.6 Å². The van der Waals surface area contributed by atoms with Gasteiger partial charge in [-0.15, -0.1) is 11.3 Å². The number of aromatic nitrogens is 1. The molecular weight excluding hydrogens is 252 g/mol. The van der Waals surface area contributed by atoms with Crippen LogP contribution >= 0.6 is 23.1 Å². The normalized spacial score (nSPS) is 12.8. The van der Waals surface area contributed by atoms with E-state index in [1.165, 1.54) is 0 Å². The third kappa shape index (κ3) is 3.87. The van der Waals surface area contributed by atoms with Crippen LogP contribution in [0.4, 0.5) is 0 Å². The molecule has 2 aromatic rings. The highest BCUT2D eigenvalue weighted by Crippen LogP contribution is 2.25. The van der Waals surface area contributed by atoms with Crippen LogP contribution in [-0.2, 0) is 5.75 Å². The number of nitrogens with two attached hydrogens (primary N) is 1. The lowest BCUT2D eigenvalue weighted by Gasteiger charge is -2.02. The zero-order valence-electron chi connectivity index (χ0n) is 9.76. The van der Waals surface area contributed by atoms with Crippen molar-refractivity contribution in [3.05, 3.63) is 29.5 Å². The standard InChI is InChI=1S/C12H16N2OS2/c1-9(13)4-6-16-7-10-8-17-12(14-10)11-3-2-5-15-11/h2-3,5,8-9H,4,6-7,13H2,1H3. The van der Waals surface area contributed by atoms with Gasteiger partial charge in [0.1, 0.15) is 0 Å². The molecule has 0 saturated heterocycles. The van der Waals surface area contributed by atoms with E-state index in [0.717, 1.165) is 34.4 Å². The number of rotatable bonds is 6. The first-order chi connectivity index (χ1) is 8.25. The molecule has 0 amide bonds. The Bertz CT molecular complexity index is 437. The van der Waals surface area contributed by atoms with Crippen molar-refractivity contribution in [1.82, 2.24) is 4.98 Å². The summed E-state index contributed by atoms with van der Waals surface area (Å²) in [5.74, 6) is 2.89. The average molecular weight is 268 g/mol. The van der Waals surface area contributed by atoms with Crippen molar-refractivity contribution in [2.45, 2.75) is 25.1 Å². The predicted octanol–water partition coefficient (Wildman–Crippen LogP) is 3.37. The molecule has 0 bridgehead atoms. The predicted molar refractivity (Wildman–Crippen MR) is 74.2 cm³/mol. The van der Waals surface area contributed by atoms with Crippen molar-refractivity contribution in [3.63, 3.8) is 0 Å². The van der Waals surface area contributed by atoms with E-state index in [1.807, 2.05) is 30.8 Å². The van der Waals surface area contributed by atoms with Crippen molar-refractivity contribution in [3.8, 4) is 10.8 Å². The summed E-state index contributed by atoms with van der Waals surface area (Å²) >= 11 is 3.51. The van der Waals surface area contributed by atoms with E-state index in [0.29, 0.717) is 0 Å². The lowest BCUT2D eigenvalue weighted by atomic mass is 10.3. The topological polar surface area (TPSA) is 52.0 Å². The quantitative estimate of drug-likeness (QED) is 0.816. The molecule has 0 saturated carbocycles. The Kier molecular flexibility index (Phi) is 4.65. The van der Waals surface area contributed by atoms with Crippen LogP contribution in [0.2, 0.25) is 0 Å². The van der Waals surface area contributed by atoms with E-state index in [-0.39, 0.29) is 6.04 Å². The van der Waals surface area contributed by atoms with Crippen LogP contribution in [0.1, 0.15) is 19.0 Å². The molecule has 5 heteroatoms. The smallest absolute Gasteiger partial charge is 0.162 e. The highest BCUT2D eigenvalue weighted by atomic mass is 32.2. The summed E-state index contributed by atoms with van der Waals surface area (Å²) in [5, 5.41) is 3.05. The molecule has 2 N–H and O–H groups in total. The van der Waals surface area contributed by atoms with Gasteiger partial charge in [0.05, 0.1) is 12.0 Å². The summed E-state index contributed by atoms with van der Waals surface area (Å²) in [6.07, 6.45) is 2.73. The van der Waals surface area contributed by atoms with Crippen molar-refractivity contribution < 1.29 is 4.42 Å². The van der Waals surface area contributed by atoms with Crippen LogP contribution in [0.3, 0.4) is 0 Å². The lowest BCUT2D eigenvalue weighted by molar-refractivity contribution is 0.581. The van der Waals surface area contributed by atoms with Gasteiger partial charge >= 0.3 is 0 Å². The molecule has 0 aliphatic rings. The molecule has 2 aromatic heterocycles. The Hall–Kier alpha value is -0.780. The molecule has 1 unspecified atom stereocenters. The molecule has 3 nitrogen and oxygen atoms in total. The van der Waals surface area contributed by atoms with E-state index in [4.69, 9.17) is 10.2 Å². The molecule has 0 fully saturated rings. The molecule has 0 aliphatic carbocycles. The maximum atomic E-state index is 5.70. The van der Waals surface area contributed by atoms with Crippen LogP contribution in [0.5, 0.6) is 0 Å². The van der Waals surface area contributed by atoms with E-state index in [9.17, 15) is 0 Å². The van der Waals surface area contributed by atoms with Crippen LogP contribution in [0.25, 0.3) is 10.8 Å².